The van der Waals surface area contributed by atoms with Crippen LogP contribution in [0.2, 0.25) is 9.36 Å². The fourth-order valence-corrected chi connectivity index (χ4v) is 8.17. The number of nitrogens with zero attached hydrogens (tertiary/aromatic N) is 1. The molecule has 1 aliphatic rings. The Hall–Kier alpha value is -2.35. The first-order valence-corrected chi connectivity index (χ1v) is 16.3. The second-order valence-corrected chi connectivity index (χ2v) is 14.6. The van der Waals surface area contributed by atoms with Gasteiger partial charge < -0.3 is 10.2 Å². The summed E-state index contributed by atoms with van der Waals surface area (Å²) in [5.41, 5.74) is 4.87. The number of rotatable bonds is 12. The SMILES string of the molecule is CC(C)(O)c1ccccc1CCC(SCC1(CC(=O)O)CC1)c1cccc(/C=C/c2ccc3sc(Cl)c(Cl)c3n2)c1. The van der Waals surface area contributed by atoms with Crippen LogP contribution in [0.3, 0.4) is 0 Å². The highest BCUT2D eigenvalue weighted by molar-refractivity contribution is 7.99. The van der Waals surface area contributed by atoms with Gasteiger partial charge in [-0.1, -0.05) is 77.8 Å². The van der Waals surface area contributed by atoms with Gasteiger partial charge in [-0.2, -0.15) is 11.8 Å². The molecule has 2 N–H and O–H groups in total. The number of fused-ring (bicyclic) bond motifs is 1. The topological polar surface area (TPSA) is 70.4 Å². The van der Waals surface area contributed by atoms with Crippen LogP contribution < -0.4 is 0 Å². The van der Waals surface area contributed by atoms with Crippen molar-refractivity contribution < 1.29 is 15.0 Å². The van der Waals surface area contributed by atoms with E-state index in [-0.39, 0.29) is 17.1 Å². The summed E-state index contributed by atoms with van der Waals surface area (Å²) < 4.78 is 1.51. The van der Waals surface area contributed by atoms with Gasteiger partial charge in [-0.3, -0.25) is 4.79 Å². The van der Waals surface area contributed by atoms with Crippen molar-refractivity contribution in [1.29, 1.82) is 0 Å². The van der Waals surface area contributed by atoms with Crippen molar-refractivity contribution in [1.82, 2.24) is 4.98 Å². The molecule has 214 valence electrons. The molecule has 1 fully saturated rings. The number of aromatic nitrogens is 1. The Kier molecular flexibility index (Phi) is 9.17. The molecule has 1 unspecified atom stereocenters. The van der Waals surface area contributed by atoms with Crippen LogP contribution in [0.4, 0.5) is 0 Å². The maximum Gasteiger partial charge on any atom is 0.303 e. The van der Waals surface area contributed by atoms with Gasteiger partial charge in [-0.25, -0.2) is 4.98 Å². The molecule has 41 heavy (non-hydrogen) atoms. The number of thiophene rings is 1. The molecule has 0 radical (unpaired) electrons. The van der Waals surface area contributed by atoms with E-state index in [1.165, 1.54) is 16.9 Å². The molecule has 0 aliphatic heterocycles. The average Bonchev–Trinajstić information content (AvgIpc) is 3.63. The Labute approximate surface area is 259 Å². The minimum absolute atomic E-state index is 0.0899. The van der Waals surface area contributed by atoms with E-state index >= 15 is 0 Å². The Morgan fingerprint density at radius 2 is 1.90 bits per heavy atom. The fourth-order valence-electron chi connectivity index (χ4n) is 5.19. The summed E-state index contributed by atoms with van der Waals surface area (Å²) in [6, 6.07) is 20.5. The number of halogens is 2. The molecule has 0 spiro atoms. The number of hydrogen-bond donors (Lipinski definition) is 2. The number of benzene rings is 2. The van der Waals surface area contributed by atoms with Gasteiger partial charge in [0, 0.05) is 11.0 Å². The first-order valence-electron chi connectivity index (χ1n) is 13.7. The number of aliphatic carboxylic acids is 1. The zero-order valence-corrected chi connectivity index (χ0v) is 26.2. The van der Waals surface area contributed by atoms with Crippen LogP contribution in [0, 0.1) is 5.41 Å². The Balaban J connectivity index is 1.38. The van der Waals surface area contributed by atoms with Gasteiger partial charge in [0.15, 0.2) is 0 Å². The molecule has 1 saturated carbocycles. The van der Waals surface area contributed by atoms with E-state index in [2.05, 4.69) is 41.4 Å². The highest BCUT2D eigenvalue weighted by atomic mass is 35.5. The number of pyridine rings is 1. The van der Waals surface area contributed by atoms with Crippen molar-refractivity contribution in [3.63, 3.8) is 0 Å². The van der Waals surface area contributed by atoms with Crippen molar-refractivity contribution in [3.05, 3.63) is 98.0 Å². The lowest BCUT2D eigenvalue weighted by molar-refractivity contribution is -0.138. The predicted octanol–water partition coefficient (Wildman–Crippen LogP) is 9.66. The Bertz CT molecular complexity index is 1590. The molecule has 1 atom stereocenters. The summed E-state index contributed by atoms with van der Waals surface area (Å²) in [7, 11) is 0. The zero-order chi connectivity index (χ0) is 29.2. The first-order chi connectivity index (χ1) is 19.5. The summed E-state index contributed by atoms with van der Waals surface area (Å²) in [5.74, 6) is 0.106. The van der Waals surface area contributed by atoms with Gasteiger partial charge >= 0.3 is 5.97 Å². The first kappa shape index (κ1) is 30.1. The predicted molar refractivity (Wildman–Crippen MR) is 174 cm³/mol. The molecule has 5 rings (SSSR count). The van der Waals surface area contributed by atoms with Crippen molar-refractivity contribution in [2.45, 2.75) is 56.8 Å². The summed E-state index contributed by atoms with van der Waals surface area (Å²) in [4.78, 5) is 16.2. The highest BCUT2D eigenvalue weighted by Gasteiger charge is 2.44. The number of carboxylic acids is 1. The van der Waals surface area contributed by atoms with E-state index in [0.29, 0.717) is 9.36 Å². The summed E-state index contributed by atoms with van der Waals surface area (Å²) in [6.07, 6.45) is 7.90. The van der Waals surface area contributed by atoms with E-state index in [1.54, 1.807) is 0 Å². The van der Waals surface area contributed by atoms with Gasteiger partial charge in [0.1, 0.15) is 9.85 Å². The lowest BCUT2D eigenvalue weighted by Gasteiger charge is -2.24. The molecule has 4 aromatic rings. The van der Waals surface area contributed by atoms with E-state index in [1.807, 2.05) is 62.0 Å². The number of aryl methyl sites for hydroxylation is 1. The third-order valence-corrected chi connectivity index (χ3v) is 11.2. The lowest BCUT2D eigenvalue weighted by Crippen LogP contribution is -2.18. The third-order valence-electron chi connectivity index (χ3n) is 7.62. The van der Waals surface area contributed by atoms with Crippen LogP contribution in [0.25, 0.3) is 22.4 Å². The highest BCUT2D eigenvalue weighted by Crippen LogP contribution is 2.53. The molecule has 0 amide bonds. The smallest absolute Gasteiger partial charge is 0.303 e. The quantitative estimate of drug-likeness (QED) is 0.164. The van der Waals surface area contributed by atoms with Gasteiger partial charge in [-0.15, -0.1) is 11.3 Å². The van der Waals surface area contributed by atoms with Gasteiger partial charge in [0.05, 0.1) is 27.4 Å². The van der Waals surface area contributed by atoms with Crippen molar-refractivity contribution in [2.24, 2.45) is 5.41 Å². The van der Waals surface area contributed by atoms with Crippen LogP contribution in [-0.2, 0) is 16.8 Å². The monoisotopic (exact) mass is 625 g/mol. The maximum absolute atomic E-state index is 11.5. The molecule has 2 heterocycles. The van der Waals surface area contributed by atoms with Crippen LogP contribution in [0.15, 0.2) is 60.7 Å². The summed E-state index contributed by atoms with van der Waals surface area (Å²) in [6.45, 7) is 3.65. The maximum atomic E-state index is 11.5. The molecule has 4 nitrogen and oxygen atoms in total. The second kappa shape index (κ2) is 12.5. The number of aliphatic hydroxyl groups is 1. The Morgan fingerprint density at radius 3 is 2.63 bits per heavy atom. The van der Waals surface area contributed by atoms with Gasteiger partial charge in [0.25, 0.3) is 0 Å². The number of hydrogen-bond acceptors (Lipinski definition) is 5. The molecular formula is C33H33Cl2NO3S2. The lowest BCUT2D eigenvalue weighted by atomic mass is 9.90. The normalized spacial score (nSPS) is 15.4. The summed E-state index contributed by atoms with van der Waals surface area (Å²) >= 11 is 15.8. The van der Waals surface area contributed by atoms with E-state index in [4.69, 9.17) is 23.2 Å². The molecule has 1 aliphatic carbocycles. The number of thioether (sulfide) groups is 1. The van der Waals surface area contributed by atoms with E-state index in [0.717, 1.165) is 64.0 Å². The Morgan fingerprint density at radius 1 is 1.12 bits per heavy atom. The molecule has 0 saturated heterocycles. The molecule has 8 heteroatoms. The van der Waals surface area contributed by atoms with Crippen LogP contribution in [0.1, 0.15) is 72.7 Å². The second-order valence-electron chi connectivity index (χ2n) is 11.4. The third kappa shape index (κ3) is 7.54. The molecule has 2 aromatic heterocycles. The molecule has 0 bridgehead atoms. The van der Waals surface area contributed by atoms with Crippen molar-refractivity contribution in [3.8, 4) is 0 Å². The minimum atomic E-state index is -0.918. The minimum Gasteiger partial charge on any atom is -0.481 e. The van der Waals surface area contributed by atoms with Crippen LogP contribution >= 0.6 is 46.3 Å². The number of carboxylic acid groups (broad SMARTS) is 1. The zero-order valence-electron chi connectivity index (χ0n) is 23.1. The standard InChI is InChI=1S/C33H33Cl2NO3S2/c1-32(2,39)25-9-4-3-7-22(25)11-14-26(40-20-33(16-17-33)19-28(37)38)23-8-5-6-21(18-23)10-12-24-13-15-27-30(36-24)29(34)31(35)41-27/h3-10,12-13,15,18,26,39H,11,14,16-17,19-20H2,1-2H3,(H,37,38)/b12-10+. The van der Waals surface area contributed by atoms with Crippen LogP contribution in [0.5, 0.6) is 0 Å². The average molecular weight is 627 g/mol. The molecular weight excluding hydrogens is 593 g/mol. The summed E-state index contributed by atoms with van der Waals surface area (Å²) in [5, 5.41) is 20.8. The molecule has 2 aromatic carbocycles. The van der Waals surface area contributed by atoms with Crippen molar-refractivity contribution in [2.75, 3.05) is 5.75 Å². The largest absolute Gasteiger partial charge is 0.481 e. The fraction of sp³-hybridized carbons (Fsp3) is 0.333. The van der Waals surface area contributed by atoms with E-state index < -0.39 is 11.6 Å². The van der Waals surface area contributed by atoms with Gasteiger partial charge in [0.2, 0.25) is 0 Å². The number of carbonyl (C=O) groups is 1. The van der Waals surface area contributed by atoms with Crippen molar-refractivity contribution >= 4 is 74.6 Å². The van der Waals surface area contributed by atoms with Crippen LogP contribution in [-0.4, -0.2) is 26.9 Å². The van der Waals surface area contributed by atoms with E-state index in [9.17, 15) is 15.0 Å². The van der Waals surface area contributed by atoms with Gasteiger partial charge in [-0.05, 0) is 85.4 Å².